The monoisotopic (exact) mass is 485 g/mol. The van der Waals surface area contributed by atoms with Crippen LogP contribution in [-0.2, 0) is 4.79 Å². The van der Waals surface area contributed by atoms with Crippen LogP contribution in [0.5, 0.6) is 0 Å². The minimum atomic E-state index is -0.905. The van der Waals surface area contributed by atoms with Gasteiger partial charge in [-0.3, -0.25) is 19.2 Å². The number of hydrogen-bond acceptors (Lipinski definition) is 5. The summed E-state index contributed by atoms with van der Waals surface area (Å²) in [4.78, 5) is 52.7. The molecule has 176 valence electrons. The highest BCUT2D eigenvalue weighted by molar-refractivity contribution is 7.80. The molecule has 2 amide bonds. The van der Waals surface area contributed by atoms with E-state index in [1.54, 1.807) is 24.3 Å². The van der Waals surface area contributed by atoms with Gasteiger partial charge in [0.05, 0.1) is 5.56 Å². The number of amides is 2. The highest BCUT2D eigenvalue weighted by Crippen LogP contribution is 2.19. The second-order valence-corrected chi connectivity index (χ2v) is 8.35. The molecule has 0 aliphatic heterocycles. The van der Waals surface area contributed by atoms with Crippen LogP contribution in [0.1, 0.15) is 27.6 Å². The molecule has 0 aliphatic carbocycles. The molecule has 0 unspecified atom stereocenters. The highest BCUT2D eigenvalue weighted by Gasteiger charge is 2.21. The third kappa shape index (κ3) is 5.33. The van der Waals surface area contributed by atoms with Gasteiger partial charge in [0.1, 0.15) is 6.04 Å². The zero-order valence-corrected chi connectivity index (χ0v) is 19.8. The number of fused-ring (bicyclic) bond motifs is 1. The van der Waals surface area contributed by atoms with Crippen molar-refractivity contribution in [2.24, 2.45) is 0 Å². The number of thiol groups is 1. The van der Waals surface area contributed by atoms with E-state index in [0.29, 0.717) is 16.8 Å². The molecule has 0 bridgehead atoms. The summed E-state index contributed by atoms with van der Waals surface area (Å²) in [6.45, 7) is 1.32. The number of anilines is 1. The molecule has 8 heteroatoms. The van der Waals surface area contributed by atoms with Gasteiger partial charge in [-0.15, -0.1) is 0 Å². The van der Waals surface area contributed by atoms with Crippen molar-refractivity contribution in [1.82, 2.24) is 10.3 Å². The first-order chi connectivity index (χ1) is 16.9. The van der Waals surface area contributed by atoms with Gasteiger partial charge in [0.2, 0.25) is 5.91 Å². The van der Waals surface area contributed by atoms with E-state index in [2.05, 4.69) is 28.2 Å². The number of rotatable bonds is 7. The van der Waals surface area contributed by atoms with Gasteiger partial charge in [-0.2, -0.15) is 12.6 Å². The SMILES string of the molecule is CC(=O)c1c[nH]c2ccc(NC(=O)[C@H](CS)NC(=O)c3ccc(-c4ccccc4)cc3)cc2c1=O. The first-order valence-corrected chi connectivity index (χ1v) is 11.5. The second kappa shape index (κ2) is 10.4. The Morgan fingerprint density at radius 3 is 2.29 bits per heavy atom. The van der Waals surface area contributed by atoms with E-state index in [9.17, 15) is 19.2 Å². The molecule has 4 rings (SSSR count). The number of carbonyl (C=O) groups excluding carboxylic acids is 3. The molecule has 0 aliphatic rings. The molecule has 0 fully saturated rings. The smallest absolute Gasteiger partial charge is 0.251 e. The fourth-order valence-corrected chi connectivity index (χ4v) is 3.92. The number of benzene rings is 3. The van der Waals surface area contributed by atoms with E-state index in [1.165, 1.54) is 19.2 Å². The average molecular weight is 486 g/mol. The Morgan fingerprint density at radius 2 is 1.63 bits per heavy atom. The molecule has 35 heavy (non-hydrogen) atoms. The molecule has 0 saturated carbocycles. The Morgan fingerprint density at radius 1 is 0.943 bits per heavy atom. The maximum absolute atomic E-state index is 12.8. The fraction of sp³-hybridized carbons (Fsp3) is 0.111. The average Bonchev–Trinajstić information content (AvgIpc) is 2.88. The van der Waals surface area contributed by atoms with Crippen molar-refractivity contribution >= 4 is 46.8 Å². The Labute approximate surface area is 207 Å². The summed E-state index contributed by atoms with van der Waals surface area (Å²) in [6, 6.07) is 20.8. The lowest BCUT2D eigenvalue weighted by Gasteiger charge is -2.17. The number of aromatic amines is 1. The van der Waals surface area contributed by atoms with Crippen molar-refractivity contribution in [3.05, 3.63) is 100 Å². The maximum Gasteiger partial charge on any atom is 0.251 e. The summed E-state index contributed by atoms with van der Waals surface area (Å²) in [7, 11) is 0. The third-order valence-electron chi connectivity index (χ3n) is 5.59. The molecule has 1 aromatic heterocycles. The third-order valence-corrected chi connectivity index (χ3v) is 5.95. The quantitative estimate of drug-likeness (QED) is 0.234. The second-order valence-electron chi connectivity index (χ2n) is 7.99. The van der Waals surface area contributed by atoms with Gasteiger partial charge < -0.3 is 15.6 Å². The van der Waals surface area contributed by atoms with Crippen LogP contribution in [0.4, 0.5) is 5.69 Å². The van der Waals surface area contributed by atoms with Crippen LogP contribution in [0.15, 0.2) is 83.8 Å². The first kappa shape index (κ1) is 24.0. The van der Waals surface area contributed by atoms with E-state index < -0.39 is 23.3 Å². The zero-order valence-electron chi connectivity index (χ0n) is 18.9. The van der Waals surface area contributed by atoms with E-state index in [1.807, 2.05) is 42.5 Å². The molecule has 0 radical (unpaired) electrons. The summed E-state index contributed by atoms with van der Waals surface area (Å²) in [5, 5.41) is 5.68. The number of Topliss-reactive ketones (excluding diaryl/α,β-unsaturated/α-hetero) is 1. The molecule has 3 aromatic carbocycles. The van der Waals surface area contributed by atoms with Crippen molar-refractivity contribution in [3.8, 4) is 11.1 Å². The van der Waals surface area contributed by atoms with E-state index in [-0.39, 0.29) is 22.5 Å². The maximum atomic E-state index is 12.8. The van der Waals surface area contributed by atoms with Crippen LogP contribution in [0.25, 0.3) is 22.0 Å². The highest BCUT2D eigenvalue weighted by atomic mass is 32.1. The van der Waals surface area contributed by atoms with Crippen LogP contribution in [0.2, 0.25) is 0 Å². The van der Waals surface area contributed by atoms with E-state index in [0.717, 1.165) is 11.1 Å². The lowest BCUT2D eigenvalue weighted by Crippen LogP contribution is -2.45. The zero-order chi connectivity index (χ0) is 24.9. The van der Waals surface area contributed by atoms with Gasteiger partial charge in [0.15, 0.2) is 11.2 Å². The van der Waals surface area contributed by atoms with Crippen LogP contribution in [0, 0.1) is 0 Å². The number of H-pyrrole nitrogens is 1. The predicted octanol–water partition coefficient (Wildman–Crippen LogP) is 4.06. The van der Waals surface area contributed by atoms with Gasteiger partial charge in [0, 0.05) is 34.1 Å². The summed E-state index contributed by atoms with van der Waals surface area (Å²) in [6.07, 6.45) is 1.38. The van der Waals surface area contributed by atoms with Gasteiger partial charge in [-0.25, -0.2) is 0 Å². The lowest BCUT2D eigenvalue weighted by atomic mass is 10.0. The van der Waals surface area contributed by atoms with Crippen LogP contribution < -0.4 is 16.1 Å². The molecule has 7 nitrogen and oxygen atoms in total. The van der Waals surface area contributed by atoms with Crippen LogP contribution in [-0.4, -0.2) is 34.4 Å². The van der Waals surface area contributed by atoms with Gasteiger partial charge in [-0.05, 0) is 48.4 Å². The van der Waals surface area contributed by atoms with Crippen molar-refractivity contribution < 1.29 is 14.4 Å². The van der Waals surface area contributed by atoms with Crippen LogP contribution >= 0.6 is 12.6 Å². The number of ketones is 1. The summed E-state index contributed by atoms with van der Waals surface area (Å²) in [5.41, 5.74) is 2.96. The molecule has 1 heterocycles. The molecule has 0 saturated heterocycles. The molecule has 0 spiro atoms. The van der Waals surface area contributed by atoms with Crippen LogP contribution in [0.3, 0.4) is 0 Å². The molecular weight excluding hydrogens is 462 g/mol. The summed E-state index contributed by atoms with van der Waals surface area (Å²) < 4.78 is 0. The van der Waals surface area contributed by atoms with Crippen molar-refractivity contribution in [2.45, 2.75) is 13.0 Å². The van der Waals surface area contributed by atoms with Crippen molar-refractivity contribution in [1.29, 1.82) is 0 Å². The van der Waals surface area contributed by atoms with Gasteiger partial charge in [0.25, 0.3) is 5.91 Å². The number of hydrogen-bond donors (Lipinski definition) is 4. The summed E-state index contributed by atoms with van der Waals surface area (Å²) in [5.74, 6) is -1.16. The number of aromatic nitrogens is 1. The topological polar surface area (TPSA) is 108 Å². The minimum Gasteiger partial charge on any atom is -0.360 e. The molecular formula is C27H23N3O4S. The standard InChI is InChI=1S/C27H23N3O4S/c1-16(31)22-14-28-23-12-11-20(13-21(23)25(22)32)29-27(34)24(15-35)30-26(33)19-9-7-18(8-10-19)17-5-3-2-4-6-17/h2-14,24,35H,15H2,1H3,(H,28,32)(H,29,34)(H,30,33)/t24-/m0/s1. The molecule has 3 N–H and O–H groups in total. The minimum absolute atomic E-state index is 0.0414. The number of carbonyl (C=O) groups is 3. The predicted molar refractivity (Wildman–Crippen MR) is 140 cm³/mol. The van der Waals surface area contributed by atoms with Gasteiger partial charge in [-0.1, -0.05) is 42.5 Å². The largest absolute Gasteiger partial charge is 0.360 e. The Bertz CT molecular complexity index is 1460. The van der Waals surface area contributed by atoms with Crippen molar-refractivity contribution in [3.63, 3.8) is 0 Å². The molecule has 1 atom stereocenters. The fourth-order valence-electron chi connectivity index (χ4n) is 3.67. The number of pyridine rings is 1. The Balaban J connectivity index is 1.47. The normalized spacial score (nSPS) is 11.6. The van der Waals surface area contributed by atoms with Crippen molar-refractivity contribution in [2.75, 3.05) is 11.1 Å². The lowest BCUT2D eigenvalue weighted by molar-refractivity contribution is -0.117. The Kier molecular flexibility index (Phi) is 7.12. The summed E-state index contributed by atoms with van der Waals surface area (Å²) >= 11 is 4.22. The van der Waals surface area contributed by atoms with Gasteiger partial charge >= 0.3 is 0 Å². The van der Waals surface area contributed by atoms with E-state index in [4.69, 9.17) is 0 Å². The Hall–Kier alpha value is -4.17. The number of nitrogens with one attached hydrogen (secondary N) is 3. The first-order valence-electron chi connectivity index (χ1n) is 10.9. The van der Waals surface area contributed by atoms with E-state index >= 15 is 0 Å². The molecule has 4 aromatic rings.